The van der Waals surface area contributed by atoms with E-state index in [9.17, 15) is 14.0 Å². The van der Waals surface area contributed by atoms with Gasteiger partial charge in [0, 0.05) is 32.9 Å². The second-order valence-electron chi connectivity index (χ2n) is 6.85. The Morgan fingerprint density at radius 1 is 1.35 bits per heavy atom. The summed E-state index contributed by atoms with van der Waals surface area (Å²) in [5, 5.41) is 16.2. The summed E-state index contributed by atoms with van der Waals surface area (Å²) in [5.74, 6) is -0.653. The number of ether oxygens (including phenoxy) is 2. The SMILES string of the molecule is COCCNCC(=O)NCCNc1ccc(N2CC(Cn3ccnn3)OC2=O)cc1F. The second kappa shape index (κ2) is 11.2. The number of amides is 2. The Bertz CT molecular complexity index is 865. The number of benzene rings is 1. The van der Waals surface area contributed by atoms with Crippen LogP contribution in [0.5, 0.6) is 0 Å². The Hall–Kier alpha value is -3.25. The Balaban J connectivity index is 1.43. The predicted molar refractivity (Wildman–Crippen MR) is 110 cm³/mol. The van der Waals surface area contributed by atoms with Crippen LogP contribution in [0.25, 0.3) is 0 Å². The molecule has 12 heteroatoms. The van der Waals surface area contributed by atoms with Gasteiger partial charge in [-0.2, -0.15) is 0 Å². The first-order valence-corrected chi connectivity index (χ1v) is 9.89. The van der Waals surface area contributed by atoms with Crippen LogP contribution in [0, 0.1) is 5.82 Å². The van der Waals surface area contributed by atoms with Crippen LogP contribution in [-0.2, 0) is 20.8 Å². The topological polar surface area (TPSA) is 123 Å². The lowest BCUT2D eigenvalue weighted by Crippen LogP contribution is -2.37. The molecule has 1 atom stereocenters. The molecular weight excluding hydrogens is 409 g/mol. The molecule has 1 aliphatic rings. The van der Waals surface area contributed by atoms with Crippen molar-refractivity contribution >= 4 is 23.4 Å². The number of carbonyl (C=O) groups excluding carboxylic acids is 2. The van der Waals surface area contributed by atoms with Gasteiger partial charge in [-0.1, -0.05) is 5.21 Å². The number of nitrogens with one attached hydrogen (secondary N) is 3. The van der Waals surface area contributed by atoms with Crippen molar-refractivity contribution in [2.45, 2.75) is 12.6 Å². The summed E-state index contributed by atoms with van der Waals surface area (Å²) in [4.78, 5) is 25.2. The summed E-state index contributed by atoms with van der Waals surface area (Å²) < 4.78 is 26.3. The number of hydrogen-bond acceptors (Lipinski definition) is 8. The quantitative estimate of drug-likeness (QED) is 0.405. The van der Waals surface area contributed by atoms with Crippen LogP contribution in [0.2, 0.25) is 0 Å². The molecule has 1 fully saturated rings. The van der Waals surface area contributed by atoms with Crippen molar-refractivity contribution in [1.29, 1.82) is 0 Å². The molecule has 2 amide bonds. The van der Waals surface area contributed by atoms with Gasteiger partial charge in [0.15, 0.2) is 0 Å². The van der Waals surface area contributed by atoms with Gasteiger partial charge >= 0.3 is 6.09 Å². The van der Waals surface area contributed by atoms with E-state index in [2.05, 4.69) is 26.3 Å². The predicted octanol–water partition coefficient (Wildman–Crippen LogP) is 0.207. The lowest BCUT2D eigenvalue weighted by Gasteiger charge is -2.15. The van der Waals surface area contributed by atoms with Gasteiger partial charge in [-0.05, 0) is 18.2 Å². The maximum Gasteiger partial charge on any atom is 0.414 e. The average Bonchev–Trinajstić information content (AvgIpc) is 3.39. The number of halogens is 1. The number of carbonyl (C=O) groups is 2. The molecule has 168 valence electrons. The van der Waals surface area contributed by atoms with Crippen molar-refractivity contribution in [3.05, 3.63) is 36.4 Å². The molecule has 0 saturated carbocycles. The third kappa shape index (κ3) is 6.62. The number of rotatable bonds is 12. The third-order valence-corrected chi connectivity index (χ3v) is 4.53. The van der Waals surface area contributed by atoms with E-state index >= 15 is 0 Å². The maximum atomic E-state index is 14.5. The van der Waals surface area contributed by atoms with Gasteiger partial charge in [-0.15, -0.1) is 5.10 Å². The average molecular weight is 435 g/mol. The van der Waals surface area contributed by atoms with E-state index in [4.69, 9.17) is 9.47 Å². The van der Waals surface area contributed by atoms with E-state index in [1.54, 1.807) is 36.3 Å². The second-order valence-corrected chi connectivity index (χ2v) is 6.85. The molecule has 0 radical (unpaired) electrons. The molecule has 3 N–H and O–H groups in total. The van der Waals surface area contributed by atoms with Gasteiger partial charge < -0.3 is 25.4 Å². The van der Waals surface area contributed by atoms with Gasteiger partial charge in [-0.3, -0.25) is 9.69 Å². The summed E-state index contributed by atoms with van der Waals surface area (Å²) in [6.45, 7) is 2.66. The first-order valence-electron chi connectivity index (χ1n) is 9.89. The van der Waals surface area contributed by atoms with E-state index in [0.717, 1.165) is 0 Å². The van der Waals surface area contributed by atoms with E-state index in [1.807, 2.05) is 0 Å². The van der Waals surface area contributed by atoms with Crippen LogP contribution in [0.1, 0.15) is 0 Å². The largest absolute Gasteiger partial charge is 0.442 e. The highest BCUT2D eigenvalue weighted by atomic mass is 19.1. The summed E-state index contributed by atoms with van der Waals surface area (Å²) in [5.41, 5.74) is 0.688. The van der Waals surface area contributed by atoms with Crippen LogP contribution < -0.4 is 20.9 Å². The van der Waals surface area contributed by atoms with Gasteiger partial charge in [0.25, 0.3) is 0 Å². The molecule has 1 aromatic carbocycles. The molecule has 11 nitrogen and oxygen atoms in total. The van der Waals surface area contributed by atoms with Crippen molar-refractivity contribution in [1.82, 2.24) is 25.6 Å². The molecule has 31 heavy (non-hydrogen) atoms. The number of hydrogen-bond donors (Lipinski definition) is 3. The van der Waals surface area contributed by atoms with Gasteiger partial charge in [0.1, 0.15) is 11.9 Å². The highest BCUT2D eigenvalue weighted by molar-refractivity contribution is 5.90. The Morgan fingerprint density at radius 2 is 2.23 bits per heavy atom. The highest BCUT2D eigenvalue weighted by Crippen LogP contribution is 2.26. The van der Waals surface area contributed by atoms with Crippen molar-refractivity contribution in [3.8, 4) is 0 Å². The fourth-order valence-electron chi connectivity index (χ4n) is 3.02. The van der Waals surface area contributed by atoms with Crippen molar-refractivity contribution in [2.75, 3.05) is 56.7 Å². The van der Waals surface area contributed by atoms with Gasteiger partial charge in [0.2, 0.25) is 5.91 Å². The minimum atomic E-state index is -0.535. The zero-order valence-corrected chi connectivity index (χ0v) is 17.2. The van der Waals surface area contributed by atoms with E-state index in [-0.39, 0.29) is 24.7 Å². The summed E-state index contributed by atoms with van der Waals surface area (Å²) in [6.07, 6.45) is 2.28. The lowest BCUT2D eigenvalue weighted by molar-refractivity contribution is -0.120. The number of methoxy groups -OCH3 is 1. The molecule has 2 aromatic rings. The number of aromatic nitrogens is 3. The maximum absolute atomic E-state index is 14.5. The number of cyclic esters (lactones) is 1. The number of anilines is 2. The Morgan fingerprint density at radius 3 is 2.97 bits per heavy atom. The Kier molecular flexibility index (Phi) is 8.12. The van der Waals surface area contributed by atoms with Crippen LogP contribution in [0.3, 0.4) is 0 Å². The first kappa shape index (κ1) is 22.4. The minimum absolute atomic E-state index is 0.151. The fourth-order valence-corrected chi connectivity index (χ4v) is 3.02. The molecule has 0 spiro atoms. The molecule has 0 aliphatic carbocycles. The number of nitrogens with zero attached hydrogens (tertiary/aromatic N) is 4. The highest BCUT2D eigenvalue weighted by Gasteiger charge is 2.33. The molecule has 1 saturated heterocycles. The monoisotopic (exact) mass is 435 g/mol. The summed E-state index contributed by atoms with van der Waals surface area (Å²) >= 11 is 0. The molecular formula is C19H26FN7O4. The summed E-state index contributed by atoms with van der Waals surface area (Å²) in [6, 6.07) is 4.47. The zero-order chi connectivity index (χ0) is 22.1. The first-order chi connectivity index (χ1) is 15.1. The minimum Gasteiger partial charge on any atom is -0.442 e. The molecule has 1 aliphatic heterocycles. The zero-order valence-electron chi connectivity index (χ0n) is 17.2. The summed E-state index contributed by atoms with van der Waals surface area (Å²) in [7, 11) is 1.59. The normalized spacial score (nSPS) is 15.7. The molecule has 1 unspecified atom stereocenters. The van der Waals surface area contributed by atoms with Crippen LogP contribution >= 0.6 is 0 Å². The Labute approximate surface area is 178 Å². The van der Waals surface area contributed by atoms with Crippen LogP contribution in [-0.4, -0.2) is 79.5 Å². The van der Waals surface area contributed by atoms with E-state index in [1.165, 1.54) is 11.0 Å². The van der Waals surface area contributed by atoms with Crippen molar-refractivity contribution < 1.29 is 23.5 Å². The lowest BCUT2D eigenvalue weighted by atomic mass is 10.2. The molecule has 1 aromatic heterocycles. The standard InChI is InChI=1S/C19H26FN7O4/c1-30-9-7-21-11-18(28)23-5-4-22-17-3-2-14(10-16(17)20)27-13-15(31-19(27)29)12-26-8-6-24-25-26/h2-3,6,8,10,15,21-22H,4-5,7,9,11-13H2,1H3,(H,23,28). The molecule has 3 rings (SSSR count). The van der Waals surface area contributed by atoms with Gasteiger partial charge in [0.05, 0.1) is 43.8 Å². The van der Waals surface area contributed by atoms with Crippen LogP contribution in [0.15, 0.2) is 30.6 Å². The van der Waals surface area contributed by atoms with E-state index in [0.29, 0.717) is 38.5 Å². The molecule has 0 bridgehead atoms. The smallest absolute Gasteiger partial charge is 0.414 e. The van der Waals surface area contributed by atoms with E-state index < -0.39 is 18.0 Å². The van der Waals surface area contributed by atoms with Crippen molar-refractivity contribution in [2.24, 2.45) is 0 Å². The third-order valence-electron chi connectivity index (χ3n) is 4.53. The van der Waals surface area contributed by atoms with Crippen molar-refractivity contribution in [3.63, 3.8) is 0 Å². The fraction of sp³-hybridized carbons (Fsp3) is 0.474. The van der Waals surface area contributed by atoms with Gasteiger partial charge in [-0.25, -0.2) is 13.9 Å². The van der Waals surface area contributed by atoms with Crippen LogP contribution in [0.4, 0.5) is 20.6 Å². The molecule has 2 heterocycles.